The summed E-state index contributed by atoms with van der Waals surface area (Å²) in [6.07, 6.45) is 0.653. The van der Waals surface area contributed by atoms with Gasteiger partial charge in [-0.1, -0.05) is 60.7 Å². The largest absolute Gasteiger partial charge is 0.508 e. The second kappa shape index (κ2) is 8.24. The minimum absolute atomic E-state index is 0.330. The van der Waals surface area contributed by atoms with E-state index in [-0.39, 0.29) is 0 Å². The molecule has 1 N–H and O–H groups in total. The summed E-state index contributed by atoms with van der Waals surface area (Å²) in [6, 6.07) is 23.0. The molecule has 2 radical (unpaired) electrons. The zero-order valence-corrected chi connectivity index (χ0v) is 16.5. The topological polar surface area (TPSA) is 29.5 Å². The Hall–Kier alpha value is -2.52. The van der Waals surface area contributed by atoms with Crippen LogP contribution in [-0.2, 0) is 0 Å². The van der Waals surface area contributed by atoms with Crippen LogP contribution in [0.3, 0.4) is 0 Å². The molecule has 0 aromatic heterocycles. The van der Waals surface area contributed by atoms with Crippen molar-refractivity contribution in [3.63, 3.8) is 0 Å². The molecule has 2 nitrogen and oxygen atoms in total. The Morgan fingerprint density at radius 1 is 0.846 bits per heavy atom. The molecule has 0 aliphatic carbocycles. The fourth-order valence-electron chi connectivity index (χ4n) is 3.18. The number of aromatic hydroxyl groups is 1. The average molecular weight is 361 g/mol. The van der Waals surface area contributed by atoms with E-state index in [0.717, 1.165) is 22.4 Å². The van der Waals surface area contributed by atoms with Crippen LogP contribution in [0.4, 0.5) is 0 Å². The maximum Gasteiger partial charge on any atom is 0.125 e. The fourth-order valence-corrected chi connectivity index (χ4v) is 4.43. The van der Waals surface area contributed by atoms with Crippen LogP contribution in [-0.4, -0.2) is 20.9 Å². The van der Waals surface area contributed by atoms with Crippen molar-refractivity contribution >= 4 is 9.52 Å². The molecule has 0 heterocycles. The SMILES string of the molecule is Cc1cc(O)c(C)c(C)c1OC[Si]C(c1ccccc1)c1ccccc1. The first kappa shape index (κ1) is 18.3. The van der Waals surface area contributed by atoms with E-state index in [0.29, 0.717) is 27.0 Å². The van der Waals surface area contributed by atoms with Gasteiger partial charge in [0, 0.05) is 5.54 Å². The molecule has 0 spiro atoms. The van der Waals surface area contributed by atoms with E-state index >= 15 is 0 Å². The van der Waals surface area contributed by atoms with Crippen molar-refractivity contribution in [2.45, 2.75) is 26.3 Å². The number of aryl methyl sites for hydroxylation is 1. The van der Waals surface area contributed by atoms with Crippen LogP contribution >= 0.6 is 0 Å². The summed E-state index contributed by atoms with van der Waals surface area (Å²) in [5, 5.41) is 9.96. The van der Waals surface area contributed by atoms with Gasteiger partial charge in [-0.2, -0.15) is 0 Å². The lowest BCUT2D eigenvalue weighted by atomic mass is 10.0. The van der Waals surface area contributed by atoms with Gasteiger partial charge in [-0.25, -0.2) is 0 Å². The lowest BCUT2D eigenvalue weighted by Gasteiger charge is -2.19. The quantitative estimate of drug-likeness (QED) is 0.616. The van der Waals surface area contributed by atoms with Crippen molar-refractivity contribution < 1.29 is 9.84 Å². The highest BCUT2D eigenvalue weighted by molar-refractivity contribution is 6.39. The molecule has 0 fully saturated rings. The third kappa shape index (κ3) is 4.00. The summed E-state index contributed by atoms with van der Waals surface area (Å²) in [6.45, 7) is 5.92. The van der Waals surface area contributed by atoms with Gasteiger partial charge >= 0.3 is 0 Å². The molecule has 3 aromatic rings. The Morgan fingerprint density at radius 3 is 1.92 bits per heavy atom. The first-order valence-corrected chi connectivity index (χ1v) is 10.1. The molecule has 0 saturated heterocycles. The predicted octanol–water partition coefficient (Wildman–Crippen LogP) is 5.15. The van der Waals surface area contributed by atoms with Crippen molar-refractivity contribution in [1.82, 2.24) is 0 Å². The van der Waals surface area contributed by atoms with Crippen LogP contribution in [0, 0.1) is 20.8 Å². The second-order valence-electron chi connectivity index (χ2n) is 6.54. The maximum atomic E-state index is 9.96. The minimum atomic E-state index is 0.330. The number of hydrogen-bond acceptors (Lipinski definition) is 2. The molecule has 3 heteroatoms. The van der Waals surface area contributed by atoms with Crippen LogP contribution < -0.4 is 4.74 Å². The van der Waals surface area contributed by atoms with Gasteiger partial charge in [0.2, 0.25) is 0 Å². The van der Waals surface area contributed by atoms with Gasteiger partial charge < -0.3 is 9.84 Å². The van der Waals surface area contributed by atoms with Crippen molar-refractivity contribution in [3.8, 4) is 11.5 Å². The van der Waals surface area contributed by atoms with Gasteiger partial charge in [0.15, 0.2) is 0 Å². The molecule has 3 rings (SSSR count). The van der Waals surface area contributed by atoms with Crippen LogP contribution in [0.15, 0.2) is 66.7 Å². The first-order chi connectivity index (χ1) is 12.6. The molecule has 0 unspecified atom stereocenters. The third-order valence-corrected chi connectivity index (χ3v) is 6.15. The van der Waals surface area contributed by atoms with E-state index in [4.69, 9.17) is 4.74 Å². The number of phenols is 1. The molecular weight excluding hydrogens is 336 g/mol. The summed E-state index contributed by atoms with van der Waals surface area (Å²) in [5.41, 5.74) is 5.84. The first-order valence-electron chi connectivity index (χ1n) is 8.83. The van der Waals surface area contributed by atoms with Gasteiger partial charge in [-0.15, -0.1) is 0 Å². The molecule has 0 atom stereocenters. The summed E-state index contributed by atoms with van der Waals surface area (Å²) < 4.78 is 6.18. The Morgan fingerprint density at radius 2 is 1.38 bits per heavy atom. The van der Waals surface area contributed by atoms with E-state index in [1.54, 1.807) is 6.07 Å². The van der Waals surface area contributed by atoms with E-state index in [1.165, 1.54) is 11.1 Å². The van der Waals surface area contributed by atoms with Crippen LogP contribution in [0.1, 0.15) is 33.4 Å². The summed E-state index contributed by atoms with van der Waals surface area (Å²) in [5.74, 6) is 1.23. The Labute approximate surface area is 158 Å². The highest BCUT2D eigenvalue weighted by atomic mass is 28.2. The molecule has 0 saturated carbocycles. The molecule has 26 heavy (non-hydrogen) atoms. The second-order valence-corrected chi connectivity index (χ2v) is 7.81. The zero-order chi connectivity index (χ0) is 18.5. The Bertz CT molecular complexity index is 821. The Kier molecular flexibility index (Phi) is 5.79. The molecule has 3 aromatic carbocycles. The van der Waals surface area contributed by atoms with E-state index in [9.17, 15) is 5.11 Å². The normalized spacial score (nSPS) is 10.9. The van der Waals surface area contributed by atoms with Gasteiger partial charge in [-0.3, -0.25) is 0 Å². The summed E-state index contributed by atoms with van der Waals surface area (Å²) in [4.78, 5) is 0. The molecule has 132 valence electrons. The monoisotopic (exact) mass is 360 g/mol. The number of hydrogen-bond donors (Lipinski definition) is 1. The smallest absolute Gasteiger partial charge is 0.125 e. The van der Waals surface area contributed by atoms with Gasteiger partial charge in [0.1, 0.15) is 21.0 Å². The van der Waals surface area contributed by atoms with Gasteiger partial charge in [-0.05, 0) is 54.7 Å². The molecule has 0 aliphatic heterocycles. The number of phenolic OH excluding ortho intramolecular Hbond substituents is 1. The third-order valence-electron chi connectivity index (χ3n) is 4.77. The predicted molar refractivity (Wildman–Crippen MR) is 108 cm³/mol. The summed E-state index contributed by atoms with van der Waals surface area (Å²) in [7, 11) is 0.606. The Balaban J connectivity index is 1.79. The van der Waals surface area contributed by atoms with Crippen LogP contribution in [0.2, 0.25) is 0 Å². The lowest BCUT2D eigenvalue weighted by Crippen LogP contribution is -2.18. The van der Waals surface area contributed by atoms with E-state index < -0.39 is 0 Å². The lowest BCUT2D eigenvalue weighted by molar-refractivity contribution is 0.375. The molecule has 0 bridgehead atoms. The van der Waals surface area contributed by atoms with Gasteiger partial charge in [0.05, 0.1) is 6.23 Å². The van der Waals surface area contributed by atoms with Gasteiger partial charge in [0.25, 0.3) is 0 Å². The van der Waals surface area contributed by atoms with Crippen LogP contribution in [0.5, 0.6) is 11.5 Å². The number of benzene rings is 3. The minimum Gasteiger partial charge on any atom is -0.508 e. The number of ether oxygens (including phenoxy) is 1. The molecular formula is C23H24O2Si. The van der Waals surface area contributed by atoms with Crippen molar-refractivity contribution in [1.29, 1.82) is 0 Å². The maximum absolute atomic E-state index is 9.96. The van der Waals surface area contributed by atoms with Crippen molar-refractivity contribution in [2.75, 3.05) is 6.23 Å². The van der Waals surface area contributed by atoms with E-state index in [2.05, 4.69) is 60.7 Å². The van der Waals surface area contributed by atoms with Crippen LogP contribution in [0.25, 0.3) is 0 Å². The number of rotatable bonds is 6. The van der Waals surface area contributed by atoms with E-state index in [1.807, 2.05) is 20.8 Å². The summed E-state index contributed by atoms with van der Waals surface area (Å²) >= 11 is 0. The highest BCUT2D eigenvalue weighted by Gasteiger charge is 2.16. The standard InChI is InChI=1S/C23H24O2Si/c1-16-14-21(24)17(2)18(3)22(16)25-15-26-23(19-10-6-4-7-11-19)20-12-8-5-9-13-20/h4-14,23-24H,15H2,1-3H3. The van der Waals surface area contributed by atoms with Crippen molar-refractivity contribution in [2.24, 2.45) is 0 Å². The average Bonchev–Trinajstić information content (AvgIpc) is 2.67. The molecule has 0 amide bonds. The van der Waals surface area contributed by atoms with Crippen molar-refractivity contribution in [3.05, 3.63) is 94.5 Å². The molecule has 0 aliphatic rings. The fraction of sp³-hybridized carbons (Fsp3) is 0.217. The zero-order valence-electron chi connectivity index (χ0n) is 15.5. The highest BCUT2D eigenvalue weighted by Crippen LogP contribution is 2.32.